The van der Waals surface area contributed by atoms with Crippen molar-refractivity contribution in [3.63, 3.8) is 0 Å². The van der Waals surface area contributed by atoms with Crippen molar-refractivity contribution in [2.45, 2.75) is 25.1 Å². The molecule has 0 amide bonds. The molecule has 0 spiro atoms. The van der Waals surface area contributed by atoms with E-state index < -0.39 is 8.80 Å². The van der Waals surface area contributed by atoms with Gasteiger partial charge >= 0.3 is 5.97 Å². The number of rotatable bonds is 6. The Morgan fingerprint density at radius 1 is 1.69 bits per heavy atom. The van der Waals surface area contributed by atoms with E-state index in [1.54, 1.807) is 0 Å². The Hall–Kier alpha value is -0.0931. The minimum absolute atomic E-state index is 0.177. The topological polar surface area (TPSA) is 26.3 Å². The summed E-state index contributed by atoms with van der Waals surface area (Å²) in [6, 6.07) is 0. The van der Waals surface area contributed by atoms with Gasteiger partial charge in [-0.3, -0.25) is 4.79 Å². The molecule has 0 aromatic carbocycles. The summed E-state index contributed by atoms with van der Waals surface area (Å²) in [6.45, 7) is 8.78. The summed E-state index contributed by atoms with van der Waals surface area (Å²) in [5, 5.41) is 0.285. The summed E-state index contributed by atoms with van der Waals surface area (Å²) in [7, 11) is -0.737. The van der Waals surface area contributed by atoms with Crippen LogP contribution >= 0.6 is 15.9 Å². The molecule has 0 saturated heterocycles. The Morgan fingerprint density at radius 3 is 2.69 bits per heavy atom. The molecule has 0 radical (unpaired) electrons. The molecule has 0 aromatic rings. The normalized spacial score (nSPS) is 12.6. The van der Waals surface area contributed by atoms with E-state index in [1.165, 1.54) is 0 Å². The summed E-state index contributed by atoms with van der Waals surface area (Å²) >= 11 is 3.06. The van der Waals surface area contributed by atoms with Crippen LogP contribution in [-0.2, 0) is 9.53 Å². The lowest BCUT2D eigenvalue weighted by Crippen LogP contribution is -2.20. The first kappa shape index (κ1) is 12.9. The van der Waals surface area contributed by atoms with E-state index in [2.05, 4.69) is 35.6 Å². The van der Waals surface area contributed by atoms with E-state index in [1.807, 2.05) is 6.08 Å². The fourth-order valence-corrected chi connectivity index (χ4v) is 2.37. The molecule has 0 fully saturated rings. The molecule has 0 aliphatic carbocycles. The fraction of sp³-hybridized carbons (Fsp3) is 0.667. The molecular weight excluding hydrogens is 248 g/mol. The molecule has 1 atom stereocenters. The van der Waals surface area contributed by atoms with Crippen molar-refractivity contribution >= 4 is 30.7 Å². The minimum Gasteiger partial charge on any atom is -0.465 e. The number of halogens is 1. The average Bonchev–Trinajstić information content (AvgIpc) is 2.11. The van der Waals surface area contributed by atoms with Gasteiger partial charge in [0.25, 0.3) is 0 Å². The maximum Gasteiger partial charge on any atom is 0.316 e. The number of hydrogen-bond acceptors (Lipinski definition) is 2. The number of hydrogen-bond donors (Lipinski definition) is 0. The quantitative estimate of drug-likeness (QED) is 0.319. The van der Waals surface area contributed by atoms with Gasteiger partial charge in [0.05, 0.1) is 6.61 Å². The predicted octanol–water partition coefficient (Wildman–Crippen LogP) is 2.36. The van der Waals surface area contributed by atoms with Gasteiger partial charge in [-0.2, -0.15) is 0 Å². The fourth-order valence-electron chi connectivity index (χ4n) is 0.985. The number of esters is 1. The highest BCUT2D eigenvalue weighted by atomic mass is 79.9. The van der Waals surface area contributed by atoms with Crippen molar-refractivity contribution in [1.29, 1.82) is 0 Å². The zero-order valence-corrected chi connectivity index (χ0v) is 11.0. The average molecular weight is 265 g/mol. The molecule has 0 heterocycles. The summed E-state index contributed by atoms with van der Waals surface area (Å²) in [4.78, 5) is 10.9. The number of alkyl halides is 1. The third-order valence-electron chi connectivity index (χ3n) is 1.98. The largest absolute Gasteiger partial charge is 0.465 e. The van der Waals surface area contributed by atoms with Gasteiger partial charge in [-0.25, -0.2) is 0 Å². The van der Waals surface area contributed by atoms with Gasteiger partial charge < -0.3 is 4.74 Å². The lowest BCUT2D eigenvalue weighted by Gasteiger charge is -2.17. The first-order valence-corrected chi connectivity index (χ1v) is 8.54. The highest BCUT2D eigenvalue weighted by molar-refractivity contribution is 9.09. The van der Waals surface area contributed by atoms with Crippen LogP contribution in [0.2, 0.25) is 18.6 Å². The molecule has 0 N–H and O–H groups in total. The van der Waals surface area contributed by atoms with Crippen LogP contribution in [0.1, 0.15) is 6.42 Å². The number of carbonyl (C=O) groups is 1. The smallest absolute Gasteiger partial charge is 0.316 e. The van der Waals surface area contributed by atoms with Crippen LogP contribution in [0.5, 0.6) is 0 Å². The van der Waals surface area contributed by atoms with Gasteiger partial charge in [-0.15, -0.1) is 6.58 Å². The SMILES string of the molecule is C=CCC(COC(=O)CBr)[SiH](C)C. The van der Waals surface area contributed by atoms with Crippen molar-refractivity contribution in [3.8, 4) is 0 Å². The van der Waals surface area contributed by atoms with Crippen LogP contribution < -0.4 is 0 Å². The number of carbonyl (C=O) groups excluding carboxylic acids is 1. The second kappa shape index (κ2) is 7.32. The number of allylic oxidation sites excluding steroid dienone is 1. The zero-order chi connectivity index (χ0) is 10.3. The first-order valence-electron chi connectivity index (χ1n) is 4.44. The molecule has 76 valence electrons. The van der Waals surface area contributed by atoms with Gasteiger partial charge in [0.2, 0.25) is 0 Å². The van der Waals surface area contributed by atoms with Gasteiger partial charge in [0, 0.05) is 8.80 Å². The molecule has 0 aliphatic heterocycles. The van der Waals surface area contributed by atoms with Crippen LogP contribution in [0, 0.1) is 0 Å². The molecule has 0 rings (SSSR count). The summed E-state index contributed by atoms with van der Waals surface area (Å²) in [5.74, 6) is -0.177. The molecule has 4 heteroatoms. The van der Waals surface area contributed by atoms with E-state index >= 15 is 0 Å². The van der Waals surface area contributed by atoms with E-state index in [4.69, 9.17) is 4.74 Å². The lowest BCUT2D eigenvalue weighted by molar-refractivity contribution is -0.140. The second-order valence-electron chi connectivity index (χ2n) is 3.35. The number of ether oxygens (including phenoxy) is 1. The predicted molar refractivity (Wildman–Crippen MR) is 62.2 cm³/mol. The van der Waals surface area contributed by atoms with Crippen molar-refractivity contribution < 1.29 is 9.53 Å². The highest BCUT2D eigenvalue weighted by Crippen LogP contribution is 2.16. The third kappa shape index (κ3) is 6.04. The lowest BCUT2D eigenvalue weighted by atomic mass is 10.3. The van der Waals surface area contributed by atoms with Crippen molar-refractivity contribution in [2.75, 3.05) is 11.9 Å². The molecular formula is C9H17BrO2Si. The van der Waals surface area contributed by atoms with Crippen LogP contribution in [0.25, 0.3) is 0 Å². The molecule has 2 nitrogen and oxygen atoms in total. The summed E-state index contributed by atoms with van der Waals surface area (Å²) in [5.41, 5.74) is 0.528. The monoisotopic (exact) mass is 264 g/mol. The van der Waals surface area contributed by atoms with Crippen LogP contribution in [0.15, 0.2) is 12.7 Å². The van der Waals surface area contributed by atoms with Gasteiger partial charge in [-0.1, -0.05) is 35.1 Å². The van der Waals surface area contributed by atoms with Crippen LogP contribution in [0.3, 0.4) is 0 Å². The van der Waals surface area contributed by atoms with Crippen LogP contribution in [0.4, 0.5) is 0 Å². The second-order valence-corrected chi connectivity index (χ2v) is 7.34. The van der Waals surface area contributed by atoms with Crippen molar-refractivity contribution in [3.05, 3.63) is 12.7 Å². The molecule has 0 bridgehead atoms. The highest BCUT2D eigenvalue weighted by Gasteiger charge is 2.14. The first-order chi connectivity index (χ1) is 6.11. The van der Waals surface area contributed by atoms with E-state index in [0.29, 0.717) is 12.1 Å². The Bertz CT molecular complexity index is 171. The summed E-state index contributed by atoms with van der Waals surface area (Å²) < 4.78 is 5.07. The van der Waals surface area contributed by atoms with Gasteiger partial charge in [-0.05, 0) is 12.0 Å². The molecule has 0 aliphatic rings. The Labute approximate surface area is 90.1 Å². The maximum atomic E-state index is 10.9. The molecule has 0 saturated carbocycles. The van der Waals surface area contributed by atoms with Crippen LogP contribution in [-0.4, -0.2) is 26.7 Å². The van der Waals surface area contributed by atoms with E-state index in [-0.39, 0.29) is 11.3 Å². The van der Waals surface area contributed by atoms with Gasteiger partial charge in [0.15, 0.2) is 0 Å². The Morgan fingerprint density at radius 2 is 2.31 bits per heavy atom. The van der Waals surface area contributed by atoms with Gasteiger partial charge in [0.1, 0.15) is 5.33 Å². The maximum absolute atomic E-state index is 10.9. The Kier molecular flexibility index (Phi) is 7.27. The van der Waals surface area contributed by atoms with Crippen molar-refractivity contribution in [1.82, 2.24) is 0 Å². The van der Waals surface area contributed by atoms with E-state index in [9.17, 15) is 4.79 Å². The zero-order valence-electron chi connectivity index (χ0n) is 8.25. The molecule has 0 aromatic heterocycles. The van der Waals surface area contributed by atoms with Crippen molar-refractivity contribution in [2.24, 2.45) is 0 Å². The minimum atomic E-state index is -0.737. The summed E-state index contributed by atoms with van der Waals surface area (Å²) in [6.07, 6.45) is 2.86. The standard InChI is InChI=1S/C9H17BrO2Si/c1-4-5-8(13(2)3)7-12-9(11)6-10/h4,8,13H,1,5-7H2,2-3H3. The molecule has 1 unspecified atom stereocenters. The van der Waals surface area contributed by atoms with E-state index in [0.717, 1.165) is 6.42 Å². The molecule has 13 heavy (non-hydrogen) atoms. The third-order valence-corrected chi connectivity index (χ3v) is 4.79. The Balaban J connectivity index is 3.81.